The molecule has 0 saturated heterocycles. The molecule has 4 aromatic rings. The first kappa shape index (κ1) is 20.4. The van der Waals surface area contributed by atoms with Crippen LogP contribution in [0.2, 0.25) is 4.34 Å². The highest BCUT2D eigenvalue weighted by Crippen LogP contribution is 2.32. The molecule has 4 aromatic heterocycles. The third kappa shape index (κ3) is 3.65. The Morgan fingerprint density at radius 1 is 1.23 bits per heavy atom. The van der Waals surface area contributed by atoms with Crippen LogP contribution in [-0.2, 0) is 11.3 Å². The van der Waals surface area contributed by atoms with Gasteiger partial charge in [-0.15, -0.1) is 11.3 Å². The number of halogens is 3. The molecule has 0 fully saturated rings. The minimum atomic E-state index is -2.79. The molecule has 4 heterocycles. The number of amides is 1. The van der Waals surface area contributed by atoms with E-state index in [2.05, 4.69) is 20.4 Å². The van der Waals surface area contributed by atoms with Gasteiger partial charge in [-0.2, -0.15) is 5.10 Å². The van der Waals surface area contributed by atoms with E-state index in [0.717, 1.165) is 27.3 Å². The molecule has 0 spiro atoms. The van der Waals surface area contributed by atoms with Gasteiger partial charge in [-0.05, 0) is 12.1 Å². The van der Waals surface area contributed by atoms with E-state index in [9.17, 15) is 18.4 Å². The lowest BCUT2D eigenvalue weighted by molar-refractivity contribution is -0.117. The average Bonchev–Trinajstić information content (AvgIpc) is 3.20. The number of carbonyl (C=O) groups is 1. The van der Waals surface area contributed by atoms with Gasteiger partial charge in [0.1, 0.15) is 35.7 Å². The number of hydrogen-bond acceptors (Lipinski definition) is 6. The van der Waals surface area contributed by atoms with Crippen molar-refractivity contribution < 1.29 is 13.6 Å². The third-order valence-corrected chi connectivity index (χ3v) is 5.55. The van der Waals surface area contributed by atoms with Crippen LogP contribution in [0.5, 0.6) is 0 Å². The summed E-state index contributed by atoms with van der Waals surface area (Å²) in [7, 11) is 0. The molecule has 1 N–H and O–H groups in total. The highest BCUT2D eigenvalue weighted by molar-refractivity contribution is 7.22. The molecule has 8 nitrogen and oxygen atoms in total. The molecule has 0 aromatic carbocycles. The minimum Gasteiger partial charge on any atom is -0.309 e. The second-order valence-corrected chi connectivity index (χ2v) is 8.53. The normalized spacial score (nSPS) is 11.8. The minimum absolute atomic E-state index is 0.0489. The smallest absolute Gasteiger partial charge is 0.291 e. The number of hydrogen-bond donors (Lipinski definition) is 1. The topological polar surface area (TPSA) is 94.2 Å². The summed E-state index contributed by atoms with van der Waals surface area (Å²) in [6, 6.07) is 4.47. The molecular weight excluding hydrogens is 438 g/mol. The number of nitrogens with one attached hydrogen (secondary N) is 1. The van der Waals surface area contributed by atoms with Gasteiger partial charge < -0.3 is 5.32 Å². The Bertz CT molecular complexity index is 1330. The molecule has 12 heteroatoms. The molecule has 0 bridgehead atoms. The number of thiophene rings is 1. The maximum Gasteiger partial charge on any atom is 0.291 e. The fraction of sp³-hybridized carbons (Fsp3) is 0.278. The zero-order valence-corrected chi connectivity index (χ0v) is 17.3. The van der Waals surface area contributed by atoms with Crippen LogP contribution in [0.1, 0.15) is 37.7 Å². The summed E-state index contributed by atoms with van der Waals surface area (Å²) in [5.41, 5.74) is 0.197. The largest absolute Gasteiger partial charge is 0.309 e. The van der Waals surface area contributed by atoms with E-state index < -0.39 is 30.1 Å². The lowest BCUT2D eigenvalue weighted by atomic mass is 10.2. The number of fused-ring (bicyclic) bond motifs is 3. The Morgan fingerprint density at radius 2 is 2.00 bits per heavy atom. The summed E-state index contributed by atoms with van der Waals surface area (Å²) in [4.78, 5) is 32.5. The van der Waals surface area contributed by atoms with Gasteiger partial charge >= 0.3 is 0 Å². The van der Waals surface area contributed by atoms with E-state index in [0.29, 0.717) is 15.7 Å². The average molecular weight is 453 g/mol. The Morgan fingerprint density at radius 3 is 2.70 bits per heavy atom. The van der Waals surface area contributed by atoms with Crippen molar-refractivity contribution in [2.75, 3.05) is 5.32 Å². The Labute approximate surface area is 177 Å². The monoisotopic (exact) mass is 452 g/mol. The van der Waals surface area contributed by atoms with Gasteiger partial charge in [0.05, 0.1) is 14.6 Å². The van der Waals surface area contributed by atoms with Crippen molar-refractivity contribution >= 4 is 50.4 Å². The van der Waals surface area contributed by atoms with Gasteiger partial charge in [-0.3, -0.25) is 14.0 Å². The van der Waals surface area contributed by atoms with Gasteiger partial charge in [0.15, 0.2) is 0 Å². The molecule has 0 unspecified atom stereocenters. The van der Waals surface area contributed by atoms with Crippen molar-refractivity contribution in [1.82, 2.24) is 24.1 Å². The molecule has 0 radical (unpaired) electrons. The Hall–Kier alpha value is -2.92. The van der Waals surface area contributed by atoms with Crippen molar-refractivity contribution in [2.24, 2.45) is 0 Å². The lowest BCUT2D eigenvalue weighted by Gasteiger charge is -2.13. The van der Waals surface area contributed by atoms with E-state index in [1.165, 1.54) is 11.3 Å². The number of rotatable bonds is 5. The predicted molar refractivity (Wildman–Crippen MR) is 110 cm³/mol. The zero-order valence-electron chi connectivity index (χ0n) is 15.8. The van der Waals surface area contributed by atoms with E-state index in [-0.39, 0.29) is 11.7 Å². The van der Waals surface area contributed by atoms with Crippen molar-refractivity contribution in [2.45, 2.75) is 32.7 Å². The van der Waals surface area contributed by atoms with Crippen LogP contribution in [0.4, 0.5) is 14.6 Å². The Kier molecular flexibility index (Phi) is 5.24. The molecule has 30 heavy (non-hydrogen) atoms. The fourth-order valence-electron chi connectivity index (χ4n) is 3.07. The van der Waals surface area contributed by atoms with E-state index >= 15 is 0 Å². The fourth-order valence-corrected chi connectivity index (χ4v) is 4.23. The maximum absolute atomic E-state index is 12.9. The molecule has 0 aliphatic rings. The molecule has 0 aliphatic carbocycles. The van der Waals surface area contributed by atoms with Crippen LogP contribution in [0.15, 0.2) is 29.3 Å². The first-order valence-corrected chi connectivity index (χ1v) is 10.1. The molecule has 0 saturated carbocycles. The van der Waals surface area contributed by atoms with Crippen LogP contribution in [0.25, 0.3) is 15.7 Å². The van der Waals surface area contributed by atoms with Gasteiger partial charge in [-0.1, -0.05) is 25.4 Å². The molecule has 4 rings (SSSR count). The van der Waals surface area contributed by atoms with E-state index in [1.807, 2.05) is 13.8 Å². The summed E-state index contributed by atoms with van der Waals surface area (Å²) < 4.78 is 29.8. The highest BCUT2D eigenvalue weighted by atomic mass is 35.5. The van der Waals surface area contributed by atoms with E-state index in [1.54, 1.807) is 16.5 Å². The summed E-state index contributed by atoms with van der Waals surface area (Å²) in [6.07, 6.45) is -1.86. The number of aromatic nitrogens is 5. The molecule has 0 atom stereocenters. The molecule has 1 amide bonds. The van der Waals surface area contributed by atoms with Gasteiger partial charge in [0.2, 0.25) is 5.91 Å². The SMILES string of the molecule is CC(C)c1nn(CC(=O)Nc2cc(C(F)F)ncn2)c(=O)c2cc3sc(Cl)cc3n12. The van der Waals surface area contributed by atoms with Crippen molar-refractivity contribution in [3.05, 3.63) is 50.7 Å². The van der Waals surface area contributed by atoms with Crippen LogP contribution >= 0.6 is 22.9 Å². The van der Waals surface area contributed by atoms with Crippen LogP contribution in [0.3, 0.4) is 0 Å². The quantitative estimate of drug-likeness (QED) is 0.496. The number of alkyl halides is 2. The number of anilines is 1. The molecule has 0 aliphatic heterocycles. The van der Waals surface area contributed by atoms with Crippen LogP contribution in [0, 0.1) is 0 Å². The number of nitrogens with zero attached hydrogens (tertiary/aromatic N) is 5. The van der Waals surface area contributed by atoms with Crippen LogP contribution < -0.4 is 10.9 Å². The predicted octanol–water partition coefficient (Wildman–Crippen LogP) is 3.85. The summed E-state index contributed by atoms with van der Waals surface area (Å²) in [5, 5.41) is 6.77. The lowest BCUT2D eigenvalue weighted by Crippen LogP contribution is -2.32. The zero-order chi connectivity index (χ0) is 21.6. The van der Waals surface area contributed by atoms with Crippen molar-refractivity contribution in [3.8, 4) is 0 Å². The molecule has 156 valence electrons. The van der Waals surface area contributed by atoms with Crippen molar-refractivity contribution in [1.29, 1.82) is 0 Å². The first-order valence-electron chi connectivity index (χ1n) is 8.86. The summed E-state index contributed by atoms with van der Waals surface area (Å²) in [6.45, 7) is 3.44. The standard InChI is InChI=1S/C18H15ClF2N6O2S/c1-8(2)17-25-26(6-15(28)24-14-3-9(16(20)21)22-7-23-14)18(29)11-4-12-10(27(11)17)5-13(19)30-12/h3-5,7-8,16H,6H2,1-2H3,(H,22,23,24,28). The van der Waals surface area contributed by atoms with Crippen LogP contribution in [-0.4, -0.2) is 30.1 Å². The second-order valence-electron chi connectivity index (χ2n) is 6.82. The second kappa shape index (κ2) is 7.73. The molecular formula is C18H15ClF2N6O2S. The third-order valence-electron chi connectivity index (χ3n) is 4.35. The van der Waals surface area contributed by atoms with Crippen molar-refractivity contribution in [3.63, 3.8) is 0 Å². The maximum atomic E-state index is 12.9. The summed E-state index contributed by atoms with van der Waals surface area (Å²) in [5.74, 6) is -0.170. The van der Waals surface area contributed by atoms with Gasteiger partial charge in [0, 0.05) is 12.0 Å². The van der Waals surface area contributed by atoms with E-state index in [4.69, 9.17) is 11.6 Å². The Balaban J connectivity index is 1.70. The van der Waals surface area contributed by atoms with Gasteiger partial charge in [-0.25, -0.2) is 23.4 Å². The highest BCUT2D eigenvalue weighted by Gasteiger charge is 2.19. The first-order chi connectivity index (χ1) is 14.2. The van der Waals surface area contributed by atoms with Gasteiger partial charge in [0.25, 0.3) is 12.0 Å². The summed E-state index contributed by atoms with van der Waals surface area (Å²) >= 11 is 7.44. The number of carbonyl (C=O) groups excluding carboxylic acids is 1.